The molecule has 2 nitrogen and oxygen atoms in total. The Kier molecular flexibility index (Phi) is 4.78. The maximum absolute atomic E-state index is 11.0. The van der Waals surface area contributed by atoms with E-state index >= 15 is 0 Å². The molecule has 1 fully saturated rings. The highest BCUT2D eigenvalue weighted by Crippen LogP contribution is 2.62. The molecular weight excluding hydrogens is 383 g/mol. The summed E-state index contributed by atoms with van der Waals surface area (Å²) in [4.78, 5) is 11.0. The first-order valence-electron chi connectivity index (χ1n) is 4.73. The average Bonchev–Trinajstić information content (AvgIpc) is 2.66. The van der Waals surface area contributed by atoms with E-state index < -0.39 is 5.97 Å². The van der Waals surface area contributed by atoms with Gasteiger partial charge < -0.3 is 5.11 Å². The van der Waals surface area contributed by atoms with Crippen LogP contribution in [0.3, 0.4) is 0 Å². The summed E-state index contributed by atoms with van der Waals surface area (Å²) in [6.07, 6.45) is 1.65. The number of hydrogen-bond acceptors (Lipinski definition) is 1. The van der Waals surface area contributed by atoms with Crippen LogP contribution in [0.15, 0.2) is 10.6 Å². The Labute approximate surface area is 122 Å². The lowest BCUT2D eigenvalue weighted by Crippen LogP contribution is -2.17. The summed E-state index contributed by atoms with van der Waals surface area (Å²) >= 11 is 18.1. The van der Waals surface area contributed by atoms with Crippen LogP contribution in [0.2, 0.25) is 0 Å². The fraction of sp³-hybridized carbons (Fsp3) is 0.700. The Bertz CT molecular complexity index is 327. The molecule has 6 heteroatoms. The van der Waals surface area contributed by atoms with E-state index in [1.54, 1.807) is 6.08 Å². The molecule has 1 N–H and O–H groups in total. The third-order valence-corrected chi connectivity index (χ3v) is 6.04. The SMILES string of the molecule is CC1(C)C(C(=O)O)C1C(Br)C(Br)C=C(Cl)Cl. The van der Waals surface area contributed by atoms with Crippen LogP contribution in [0, 0.1) is 17.3 Å². The number of hydrogen-bond donors (Lipinski definition) is 1. The van der Waals surface area contributed by atoms with Gasteiger partial charge in [-0.1, -0.05) is 68.9 Å². The van der Waals surface area contributed by atoms with E-state index in [0.717, 1.165) is 0 Å². The minimum atomic E-state index is -0.750. The highest BCUT2D eigenvalue weighted by molar-refractivity contribution is 9.12. The molecule has 0 aromatic rings. The molecule has 0 heterocycles. The standard InChI is InChI=1S/C10H12Br2Cl2O2/c1-10(2)6(7(10)9(15)16)8(12)4(11)3-5(13)14/h3-4,6-8H,1-2H3,(H,15,16). The predicted molar refractivity (Wildman–Crippen MR) is 73.6 cm³/mol. The molecule has 0 aliphatic heterocycles. The van der Waals surface area contributed by atoms with Crippen molar-refractivity contribution in [2.45, 2.75) is 23.5 Å². The lowest BCUT2D eigenvalue weighted by Gasteiger charge is -2.14. The molecule has 4 atom stereocenters. The average molecular weight is 395 g/mol. The Morgan fingerprint density at radius 2 is 1.94 bits per heavy atom. The number of carbonyl (C=O) groups is 1. The zero-order chi connectivity index (χ0) is 12.7. The Morgan fingerprint density at radius 1 is 1.44 bits per heavy atom. The molecule has 1 aliphatic carbocycles. The van der Waals surface area contributed by atoms with Gasteiger partial charge in [-0.05, 0) is 17.4 Å². The Hall–Kier alpha value is 0.750. The number of carboxylic acids is 1. The lowest BCUT2D eigenvalue weighted by atomic mass is 10.1. The van der Waals surface area contributed by atoms with Crippen LogP contribution in [-0.4, -0.2) is 20.7 Å². The van der Waals surface area contributed by atoms with Crippen LogP contribution < -0.4 is 0 Å². The normalized spacial score (nSPS) is 30.4. The molecule has 0 spiro atoms. The maximum Gasteiger partial charge on any atom is 0.307 e. The zero-order valence-corrected chi connectivity index (χ0v) is 13.4. The summed E-state index contributed by atoms with van der Waals surface area (Å²) in [5.41, 5.74) is -0.196. The molecule has 0 aromatic heterocycles. The van der Waals surface area contributed by atoms with E-state index in [2.05, 4.69) is 31.9 Å². The van der Waals surface area contributed by atoms with E-state index in [0.29, 0.717) is 0 Å². The number of allylic oxidation sites excluding steroid dienone is 1. The van der Waals surface area contributed by atoms with Crippen molar-refractivity contribution < 1.29 is 9.90 Å². The van der Waals surface area contributed by atoms with Crippen molar-refractivity contribution in [3.05, 3.63) is 10.6 Å². The second-order valence-electron chi connectivity index (χ2n) is 4.51. The first-order valence-corrected chi connectivity index (χ1v) is 7.32. The van der Waals surface area contributed by atoms with E-state index in [4.69, 9.17) is 28.3 Å². The van der Waals surface area contributed by atoms with Gasteiger partial charge in [0.1, 0.15) is 4.49 Å². The first kappa shape index (κ1) is 14.8. The van der Waals surface area contributed by atoms with Gasteiger partial charge in [0.05, 0.1) is 5.92 Å². The van der Waals surface area contributed by atoms with Gasteiger partial charge in [0.2, 0.25) is 0 Å². The van der Waals surface area contributed by atoms with Crippen molar-refractivity contribution in [2.24, 2.45) is 17.3 Å². The molecule has 1 aliphatic rings. The van der Waals surface area contributed by atoms with Crippen LogP contribution in [0.25, 0.3) is 0 Å². The quantitative estimate of drug-likeness (QED) is 0.726. The molecule has 0 aromatic carbocycles. The number of rotatable bonds is 4. The second-order valence-corrected chi connectivity index (χ2v) is 7.63. The predicted octanol–water partition coefficient (Wildman–Crippen LogP) is 4.19. The summed E-state index contributed by atoms with van der Waals surface area (Å²) in [7, 11) is 0. The van der Waals surface area contributed by atoms with Crippen LogP contribution in [0.5, 0.6) is 0 Å². The fourth-order valence-electron chi connectivity index (χ4n) is 2.15. The van der Waals surface area contributed by atoms with Crippen LogP contribution in [-0.2, 0) is 4.79 Å². The van der Waals surface area contributed by atoms with Gasteiger partial charge in [0.25, 0.3) is 0 Å². The zero-order valence-electron chi connectivity index (χ0n) is 8.75. The third-order valence-electron chi connectivity index (χ3n) is 3.11. The maximum atomic E-state index is 11.0. The van der Waals surface area contributed by atoms with Gasteiger partial charge in [0.15, 0.2) is 0 Å². The van der Waals surface area contributed by atoms with Gasteiger partial charge in [-0.2, -0.15) is 0 Å². The fourth-order valence-corrected chi connectivity index (χ4v) is 4.46. The monoisotopic (exact) mass is 392 g/mol. The highest BCUT2D eigenvalue weighted by Gasteiger charge is 2.65. The smallest absolute Gasteiger partial charge is 0.307 e. The minimum absolute atomic E-state index is 0.00361. The first-order chi connectivity index (χ1) is 7.19. The summed E-state index contributed by atoms with van der Waals surface area (Å²) in [6.45, 7) is 3.91. The van der Waals surface area contributed by atoms with Crippen LogP contribution >= 0.6 is 55.1 Å². The van der Waals surface area contributed by atoms with E-state index in [9.17, 15) is 4.79 Å². The van der Waals surface area contributed by atoms with Crippen LogP contribution in [0.4, 0.5) is 0 Å². The van der Waals surface area contributed by atoms with Crippen molar-refractivity contribution in [1.82, 2.24) is 0 Å². The van der Waals surface area contributed by atoms with Gasteiger partial charge >= 0.3 is 5.97 Å². The summed E-state index contributed by atoms with van der Waals surface area (Å²) in [5, 5.41) is 9.07. The summed E-state index contributed by atoms with van der Waals surface area (Å²) in [5.74, 6) is -1.00. The topological polar surface area (TPSA) is 37.3 Å². The van der Waals surface area contributed by atoms with Crippen molar-refractivity contribution in [3.63, 3.8) is 0 Å². The molecule has 1 saturated carbocycles. The van der Waals surface area contributed by atoms with Gasteiger partial charge in [-0.15, -0.1) is 0 Å². The minimum Gasteiger partial charge on any atom is -0.481 e. The molecule has 0 radical (unpaired) electrons. The Morgan fingerprint density at radius 3 is 2.25 bits per heavy atom. The Balaban J connectivity index is 2.74. The summed E-state index contributed by atoms with van der Waals surface area (Å²) in [6, 6.07) is 0. The van der Waals surface area contributed by atoms with Gasteiger partial charge in [-0.3, -0.25) is 4.79 Å². The molecule has 92 valence electrons. The number of carboxylic acid groups (broad SMARTS) is 1. The van der Waals surface area contributed by atoms with E-state index in [1.807, 2.05) is 13.8 Å². The largest absolute Gasteiger partial charge is 0.481 e. The highest BCUT2D eigenvalue weighted by atomic mass is 79.9. The van der Waals surface area contributed by atoms with Gasteiger partial charge in [0, 0.05) is 9.65 Å². The molecule has 1 rings (SSSR count). The molecule has 0 saturated heterocycles. The molecule has 4 unspecified atom stereocenters. The second kappa shape index (κ2) is 5.17. The van der Waals surface area contributed by atoms with Crippen molar-refractivity contribution in [2.75, 3.05) is 0 Å². The molecule has 0 bridgehead atoms. The van der Waals surface area contributed by atoms with Crippen molar-refractivity contribution in [1.29, 1.82) is 0 Å². The summed E-state index contributed by atoms with van der Waals surface area (Å²) < 4.78 is 0.177. The molecule has 0 amide bonds. The molecular formula is C10H12Br2Cl2O2. The van der Waals surface area contributed by atoms with Crippen molar-refractivity contribution in [3.8, 4) is 0 Å². The third kappa shape index (κ3) is 2.95. The number of halogens is 4. The lowest BCUT2D eigenvalue weighted by molar-refractivity contribution is -0.139. The van der Waals surface area contributed by atoms with Crippen molar-refractivity contribution >= 4 is 61.0 Å². The van der Waals surface area contributed by atoms with Gasteiger partial charge in [-0.25, -0.2) is 0 Å². The van der Waals surface area contributed by atoms with E-state index in [1.165, 1.54) is 0 Å². The number of aliphatic carboxylic acids is 1. The van der Waals surface area contributed by atoms with E-state index in [-0.39, 0.29) is 31.4 Å². The molecule has 16 heavy (non-hydrogen) atoms. The number of alkyl halides is 2. The van der Waals surface area contributed by atoms with Crippen LogP contribution in [0.1, 0.15) is 13.8 Å².